The number of piperazine rings is 1. The molecule has 4 rings (SSSR count). The molecule has 3 aromatic rings. The highest BCUT2D eigenvalue weighted by Gasteiger charge is 2.22. The van der Waals surface area contributed by atoms with Crippen molar-refractivity contribution in [3.63, 3.8) is 0 Å². The van der Waals surface area contributed by atoms with Gasteiger partial charge in [-0.05, 0) is 36.4 Å². The molecule has 1 saturated heterocycles. The summed E-state index contributed by atoms with van der Waals surface area (Å²) >= 11 is 0. The zero-order chi connectivity index (χ0) is 17.1. The maximum Gasteiger partial charge on any atom is 0.253 e. The number of nitrogens with zero attached hydrogens (tertiary/aromatic N) is 5. The predicted octanol–water partition coefficient (Wildman–Crippen LogP) is 2.23. The first-order valence-electron chi connectivity index (χ1n) is 8.35. The van der Waals surface area contributed by atoms with E-state index in [0.717, 1.165) is 30.2 Å². The normalized spacial score (nSPS) is 14.6. The molecular weight excluding hydrogens is 314 g/mol. The van der Waals surface area contributed by atoms with E-state index in [-0.39, 0.29) is 5.91 Å². The van der Waals surface area contributed by atoms with Gasteiger partial charge in [0.25, 0.3) is 5.91 Å². The van der Waals surface area contributed by atoms with Crippen molar-refractivity contribution in [2.75, 3.05) is 31.1 Å². The first-order chi connectivity index (χ1) is 12.3. The molecule has 25 heavy (non-hydrogen) atoms. The Labute approximate surface area is 146 Å². The fraction of sp³-hybridized carbons (Fsp3) is 0.211. The largest absolute Gasteiger partial charge is 0.353 e. The Morgan fingerprint density at radius 2 is 1.72 bits per heavy atom. The van der Waals surface area contributed by atoms with Gasteiger partial charge in [-0.25, -0.2) is 9.97 Å². The van der Waals surface area contributed by atoms with Crippen molar-refractivity contribution < 1.29 is 4.79 Å². The fourth-order valence-electron chi connectivity index (χ4n) is 3.05. The van der Waals surface area contributed by atoms with E-state index in [1.807, 2.05) is 58.1 Å². The summed E-state index contributed by atoms with van der Waals surface area (Å²) in [4.78, 5) is 25.3. The van der Waals surface area contributed by atoms with E-state index in [9.17, 15) is 4.79 Å². The van der Waals surface area contributed by atoms with Gasteiger partial charge >= 0.3 is 0 Å². The van der Waals surface area contributed by atoms with Crippen LogP contribution in [-0.2, 0) is 0 Å². The minimum atomic E-state index is 0.0813. The van der Waals surface area contributed by atoms with E-state index in [1.165, 1.54) is 0 Å². The van der Waals surface area contributed by atoms with Crippen molar-refractivity contribution in [1.82, 2.24) is 19.4 Å². The zero-order valence-corrected chi connectivity index (χ0v) is 13.8. The lowest BCUT2D eigenvalue weighted by atomic mass is 10.1. The third-order valence-electron chi connectivity index (χ3n) is 4.46. The Bertz CT molecular complexity index is 822. The molecular formula is C19H19N5O. The highest BCUT2D eigenvalue weighted by Crippen LogP contribution is 2.16. The summed E-state index contributed by atoms with van der Waals surface area (Å²) in [6.07, 6.45) is 7.16. The molecule has 0 saturated carbocycles. The lowest BCUT2D eigenvalue weighted by molar-refractivity contribution is 0.0746. The van der Waals surface area contributed by atoms with Crippen LogP contribution in [0.4, 0.5) is 5.82 Å². The first kappa shape index (κ1) is 15.4. The molecule has 0 N–H and O–H groups in total. The third kappa shape index (κ3) is 3.24. The number of hydrogen-bond acceptors (Lipinski definition) is 4. The number of carbonyl (C=O) groups is 1. The van der Waals surface area contributed by atoms with Gasteiger partial charge in [-0.3, -0.25) is 4.79 Å². The summed E-state index contributed by atoms with van der Waals surface area (Å²) in [5.41, 5.74) is 1.71. The Morgan fingerprint density at radius 3 is 2.36 bits per heavy atom. The van der Waals surface area contributed by atoms with Crippen LogP contribution in [-0.4, -0.2) is 51.5 Å². The Kier molecular flexibility index (Phi) is 4.16. The van der Waals surface area contributed by atoms with Crippen LogP contribution >= 0.6 is 0 Å². The molecule has 1 aliphatic heterocycles. The van der Waals surface area contributed by atoms with Crippen LogP contribution in [0.3, 0.4) is 0 Å². The molecule has 1 aliphatic rings. The van der Waals surface area contributed by atoms with Gasteiger partial charge < -0.3 is 14.4 Å². The second-order valence-electron chi connectivity index (χ2n) is 5.98. The highest BCUT2D eigenvalue weighted by molar-refractivity contribution is 5.94. The Balaban J connectivity index is 1.40. The van der Waals surface area contributed by atoms with Gasteiger partial charge in [0.05, 0.1) is 6.33 Å². The molecule has 0 spiro atoms. The van der Waals surface area contributed by atoms with E-state index < -0.39 is 0 Å². The van der Waals surface area contributed by atoms with Crippen LogP contribution in [0, 0.1) is 0 Å². The van der Waals surface area contributed by atoms with Gasteiger partial charge in [0, 0.05) is 56.0 Å². The monoisotopic (exact) mass is 333 g/mol. The molecule has 126 valence electrons. The summed E-state index contributed by atoms with van der Waals surface area (Å²) in [5.74, 6) is 1.05. The van der Waals surface area contributed by atoms with E-state index >= 15 is 0 Å². The Hall–Kier alpha value is -3.15. The highest BCUT2D eigenvalue weighted by atomic mass is 16.2. The molecule has 0 bridgehead atoms. The number of anilines is 1. The molecule has 1 aromatic carbocycles. The van der Waals surface area contributed by atoms with Crippen molar-refractivity contribution in [2.45, 2.75) is 0 Å². The van der Waals surface area contributed by atoms with E-state index in [0.29, 0.717) is 13.1 Å². The van der Waals surface area contributed by atoms with Crippen molar-refractivity contribution >= 4 is 11.7 Å². The van der Waals surface area contributed by atoms with Crippen molar-refractivity contribution in [3.05, 3.63) is 72.9 Å². The number of amides is 1. The molecule has 2 aromatic heterocycles. The maximum absolute atomic E-state index is 12.7. The molecule has 0 aliphatic carbocycles. The molecule has 0 atom stereocenters. The second-order valence-corrected chi connectivity index (χ2v) is 5.98. The van der Waals surface area contributed by atoms with E-state index in [2.05, 4.69) is 14.9 Å². The van der Waals surface area contributed by atoms with Gasteiger partial charge in [0.1, 0.15) is 5.82 Å². The molecule has 0 radical (unpaired) electrons. The van der Waals surface area contributed by atoms with Gasteiger partial charge in [0.2, 0.25) is 0 Å². The number of imidazole rings is 1. The number of hydrogen-bond donors (Lipinski definition) is 0. The number of aromatic nitrogens is 3. The Morgan fingerprint density at radius 1 is 0.920 bits per heavy atom. The molecule has 3 heterocycles. The van der Waals surface area contributed by atoms with Crippen molar-refractivity contribution in [3.8, 4) is 5.69 Å². The second kappa shape index (κ2) is 6.76. The summed E-state index contributed by atoms with van der Waals surface area (Å²) in [6, 6.07) is 13.6. The molecule has 6 heteroatoms. The fourth-order valence-corrected chi connectivity index (χ4v) is 3.05. The van der Waals surface area contributed by atoms with E-state index in [1.54, 1.807) is 18.7 Å². The van der Waals surface area contributed by atoms with Crippen LogP contribution < -0.4 is 4.90 Å². The van der Waals surface area contributed by atoms with Crippen LogP contribution in [0.2, 0.25) is 0 Å². The van der Waals surface area contributed by atoms with Gasteiger partial charge in [-0.15, -0.1) is 0 Å². The summed E-state index contributed by atoms with van der Waals surface area (Å²) in [5, 5.41) is 0. The molecule has 6 nitrogen and oxygen atoms in total. The standard InChI is InChI=1S/C19H19N5O/c25-19(16-4-6-17(7-5-16)24-10-9-20-15-24)23-13-11-22(12-14-23)18-3-1-2-8-21-18/h1-10,15H,11-14H2. The minimum absolute atomic E-state index is 0.0813. The number of pyridine rings is 1. The molecule has 0 unspecified atom stereocenters. The summed E-state index contributed by atoms with van der Waals surface area (Å²) in [6.45, 7) is 3.02. The summed E-state index contributed by atoms with van der Waals surface area (Å²) in [7, 11) is 0. The van der Waals surface area contributed by atoms with Crippen LogP contribution in [0.15, 0.2) is 67.4 Å². The first-order valence-corrected chi connectivity index (χ1v) is 8.35. The minimum Gasteiger partial charge on any atom is -0.353 e. The lowest BCUT2D eigenvalue weighted by Crippen LogP contribution is -2.49. The van der Waals surface area contributed by atoms with Crippen molar-refractivity contribution in [1.29, 1.82) is 0 Å². The summed E-state index contributed by atoms with van der Waals surface area (Å²) < 4.78 is 1.92. The number of rotatable bonds is 3. The smallest absolute Gasteiger partial charge is 0.253 e. The quantitative estimate of drug-likeness (QED) is 0.737. The van der Waals surface area contributed by atoms with Gasteiger partial charge in [-0.1, -0.05) is 6.07 Å². The topological polar surface area (TPSA) is 54.3 Å². The zero-order valence-electron chi connectivity index (χ0n) is 13.8. The van der Waals surface area contributed by atoms with Crippen LogP contribution in [0.25, 0.3) is 5.69 Å². The number of benzene rings is 1. The third-order valence-corrected chi connectivity index (χ3v) is 4.46. The van der Waals surface area contributed by atoms with Crippen LogP contribution in [0.1, 0.15) is 10.4 Å². The van der Waals surface area contributed by atoms with E-state index in [4.69, 9.17) is 0 Å². The SMILES string of the molecule is O=C(c1ccc(-n2ccnc2)cc1)N1CCN(c2ccccn2)CC1. The van der Waals surface area contributed by atoms with Gasteiger partial charge in [0.15, 0.2) is 0 Å². The lowest BCUT2D eigenvalue weighted by Gasteiger charge is -2.35. The average molecular weight is 333 g/mol. The van der Waals surface area contributed by atoms with Crippen molar-refractivity contribution in [2.24, 2.45) is 0 Å². The van der Waals surface area contributed by atoms with Crippen LogP contribution in [0.5, 0.6) is 0 Å². The predicted molar refractivity (Wildman–Crippen MR) is 95.9 cm³/mol. The maximum atomic E-state index is 12.7. The molecule has 1 fully saturated rings. The molecule has 1 amide bonds. The average Bonchev–Trinajstić information content (AvgIpc) is 3.23. The number of carbonyl (C=O) groups excluding carboxylic acids is 1. The van der Waals surface area contributed by atoms with Gasteiger partial charge in [-0.2, -0.15) is 0 Å².